The minimum Gasteiger partial charge on any atom is -0.373 e. The SMILES string of the molecule is CC(CC1CCCC2OC12C)C1CO1. The van der Waals surface area contributed by atoms with Gasteiger partial charge in [0, 0.05) is 0 Å². The van der Waals surface area contributed by atoms with Crippen LogP contribution in [0.3, 0.4) is 0 Å². The van der Waals surface area contributed by atoms with Gasteiger partial charge in [-0.25, -0.2) is 0 Å². The molecule has 3 rings (SSSR count). The average Bonchev–Trinajstić information content (AvgIpc) is 2.95. The van der Waals surface area contributed by atoms with Gasteiger partial charge in [-0.05, 0) is 38.0 Å². The van der Waals surface area contributed by atoms with Gasteiger partial charge in [0.1, 0.15) is 0 Å². The van der Waals surface area contributed by atoms with Gasteiger partial charge >= 0.3 is 0 Å². The third-order valence-corrected chi connectivity index (χ3v) is 4.46. The molecule has 0 radical (unpaired) electrons. The minimum absolute atomic E-state index is 0.251. The number of hydrogen-bond acceptors (Lipinski definition) is 2. The molecule has 0 bridgehead atoms. The Balaban J connectivity index is 1.60. The highest BCUT2D eigenvalue weighted by atomic mass is 16.6. The summed E-state index contributed by atoms with van der Waals surface area (Å²) in [7, 11) is 0. The van der Waals surface area contributed by atoms with E-state index in [1.807, 2.05) is 0 Å². The van der Waals surface area contributed by atoms with E-state index in [4.69, 9.17) is 9.47 Å². The maximum atomic E-state index is 5.84. The fourth-order valence-corrected chi connectivity index (χ4v) is 3.15. The number of fused-ring (bicyclic) bond motifs is 1. The third-order valence-electron chi connectivity index (χ3n) is 4.46. The molecule has 0 amide bonds. The molecule has 0 aromatic rings. The van der Waals surface area contributed by atoms with E-state index in [2.05, 4.69) is 13.8 Å². The van der Waals surface area contributed by atoms with Crippen LogP contribution >= 0.6 is 0 Å². The van der Waals surface area contributed by atoms with Crippen LogP contribution in [0.2, 0.25) is 0 Å². The van der Waals surface area contributed by atoms with E-state index in [1.165, 1.54) is 25.7 Å². The van der Waals surface area contributed by atoms with Crippen LogP contribution in [0.15, 0.2) is 0 Å². The minimum atomic E-state index is 0.251. The molecule has 2 heterocycles. The second-order valence-electron chi connectivity index (χ2n) is 5.50. The van der Waals surface area contributed by atoms with Crippen LogP contribution in [0.4, 0.5) is 0 Å². The average molecular weight is 196 g/mol. The lowest BCUT2D eigenvalue weighted by Crippen LogP contribution is -2.29. The second kappa shape index (κ2) is 2.96. The standard InChI is InChI=1S/C12H20O2/c1-8(10-7-13-10)6-9-4-3-5-11-12(9,2)14-11/h8-11H,3-7H2,1-2H3. The van der Waals surface area contributed by atoms with Crippen LogP contribution in [-0.2, 0) is 9.47 Å². The molecule has 2 saturated heterocycles. The Morgan fingerprint density at radius 3 is 2.93 bits per heavy atom. The molecule has 3 fully saturated rings. The zero-order chi connectivity index (χ0) is 9.76. The summed E-state index contributed by atoms with van der Waals surface area (Å²) in [5.74, 6) is 1.53. The summed E-state index contributed by atoms with van der Waals surface area (Å²) >= 11 is 0. The number of rotatable bonds is 3. The fourth-order valence-electron chi connectivity index (χ4n) is 3.15. The second-order valence-corrected chi connectivity index (χ2v) is 5.50. The Morgan fingerprint density at radius 1 is 1.43 bits per heavy atom. The zero-order valence-corrected chi connectivity index (χ0v) is 9.16. The van der Waals surface area contributed by atoms with Crippen molar-refractivity contribution in [3.05, 3.63) is 0 Å². The van der Waals surface area contributed by atoms with Crippen LogP contribution in [0, 0.1) is 11.8 Å². The molecule has 0 aromatic carbocycles. The molecule has 2 aliphatic heterocycles. The molecule has 5 atom stereocenters. The van der Waals surface area contributed by atoms with E-state index in [0.29, 0.717) is 12.2 Å². The quantitative estimate of drug-likeness (QED) is 0.647. The molecule has 1 saturated carbocycles. The van der Waals surface area contributed by atoms with E-state index in [9.17, 15) is 0 Å². The van der Waals surface area contributed by atoms with Gasteiger partial charge in [0.25, 0.3) is 0 Å². The summed E-state index contributed by atoms with van der Waals surface area (Å²) in [4.78, 5) is 0. The van der Waals surface area contributed by atoms with Crippen LogP contribution in [0.25, 0.3) is 0 Å². The molecule has 1 aliphatic carbocycles. The van der Waals surface area contributed by atoms with E-state index in [1.54, 1.807) is 0 Å². The predicted octanol–water partition coefficient (Wildman–Crippen LogP) is 2.37. The van der Waals surface area contributed by atoms with Gasteiger partial charge in [-0.2, -0.15) is 0 Å². The van der Waals surface area contributed by atoms with E-state index in [-0.39, 0.29) is 5.60 Å². The monoisotopic (exact) mass is 196 g/mol. The zero-order valence-electron chi connectivity index (χ0n) is 9.16. The van der Waals surface area contributed by atoms with Crippen molar-refractivity contribution < 1.29 is 9.47 Å². The van der Waals surface area contributed by atoms with Gasteiger partial charge in [-0.15, -0.1) is 0 Å². The fraction of sp³-hybridized carbons (Fsp3) is 1.00. The number of epoxide rings is 2. The van der Waals surface area contributed by atoms with Crippen molar-refractivity contribution in [2.45, 2.75) is 57.3 Å². The first-order valence-corrected chi connectivity index (χ1v) is 5.99. The molecule has 0 aromatic heterocycles. The van der Waals surface area contributed by atoms with Crippen molar-refractivity contribution >= 4 is 0 Å². The van der Waals surface area contributed by atoms with Gasteiger partial charge in [-0.1, -0.05) is 13.3 Å². The van der Waals surface area contributed by atoms with Crippen molar-refractivity contribution in [1.82, 2.24) is 0 Å². The first-order valence-electron chi connectivity index (χ1n) is 5.99. The van der Waals surface area contributed by atoms with Gasteiger partial charge in [0.2, 0.25) is 0 Å². The summed E-state index contributed by atoms with van der Waals surface area (Å²) in [5.41, 5.74) is 0.251. The molecule has 2 nitrogen and oxygen atoms in total. The molecular formula is C12H20O2. The molecule has 0 spiro atoms. The lowest BCUT2D eigenvalue weighted by molar-refractivity contribution is 0.184. The van der Waals surface area contributed by atoms with Crippen molar-refractivity contribution in [3.63, 3.8) is 0 Å². The van der Waals surface area contributed by atoms with Crippen LogP contribution in [0.1, 0.15) is 39.5 Å². The summed E-state index contributed by atoms with van der Waals surface area (Å²) < 4.78 is 11.2. The molecule has 80 valence electrons. The van der Waals surface area contributed by atoms with Gasteiger partial charge < -0.3 is 9.47 Å². The summed E-state index contributed by atoms with van der Waals surface area (Å²) in [6, 6.07) is 0. The summed E-state index contributed by atoms with van der Waals surface area (Å²) in [6.45, 7) is 5.63. The Hall–Kier alpha value is -0.0800. The van der Waals surface area contributed by atoms with Crippen molar-refractivity contribution in [2.24, 2.45) is 11.8 Å². The lowest BCUT2D eigenvalue weighted by atomic mass is 9.75. The Kier molecular flexibility index (Phi) is 1.94. The molecule has 5 unspecified atom stereocenters. The van der Waals surface area contributed by atoms with Gasteiger partial charge in [-0.3, -0.25) is 0 Å². The molecular weight excluding hydrogens is 176 g/mol. The van der Waals surface area contributed by atoms with Gasteiger partial charge in [0.15, 0.2) is 0 Å². The number of ether oxygens (including phenoxy) is 2. The lowest BCUT2D eigenvalue weighted by Gasteiger charge is -2.27. The molecule has 2 heteroatoms. The topological polar surface area (TPSA) is 25.1 Å². The van der Waals surface area contributed by atoms with Crippen LogP contribution in [0.5, 0.6) is 0 Å². The Labute approximate surface area is 86.0 Å². The van der Waals surface area contributed by atoms with E-state index < -0.39 is 0 Å². The summed E-state index contributed by atoms with van der Waals surface area (Å²) in [6.07, 6.45) is 6.48. The largest absolute Gasteiger partial charge is 0.373 e. The Morgan fingerprint density at radius 2 is 2.21 bits per heavy atom. The summed E-state index contributed by atoms with van der Waals surface area (Å²) in [5, 5.41) is 0. The molecule has 14 heavy (non-hydrogen) atoms. The molecule has 3 aliphatic rings. The highest BCUT2D eigenvalue weighted by molar-refractivity contribution is 5.07. The first-order chi connectivity index (χ1) is 6.70. The number of hydrogen-bond donors (Lipinski definition) is 0. The maximum Gasteiger partial charge on any atom is 0.0948 e. The first kappa shape index (κ1) is 9.17. The third kappa shape index (κ3) is 1.40. The Bertz CT molecular complexity index is 236. The molecule has 0 N–H and O–H groups in total. The normalized spacial score (nSPS) is 52.3. The smallest absolute Gasteiger partial charge is 0.0948 e. The predicted molar refractivity (Wildman–Crippen MR) is 54.1 cm³/mol. The van der Waals surface area contributed by atoms with Crippen molar-refractivity contribution in [2.75, 3.05) is 6.61 Å². The van der Waals surface area contributed by atoms with E-state index in [0.717, 1.165) is 18.4 Å². The maximum absolute atomic E-state index is 5.84. The highest BCUT2D eigenvalue weighted by Crippen LogP contribution is 2.53. The highest BCUT2D eigenvalue weighted by Gasteiger charge is 2.59. The van der Waals surface area contributed by atoms with Crippen LogP contribution in [-0.4, -0.2) is 24.4 Å². The van der Waals surface area contributed by atoms with Crippen molar-refractivity contribution in [3.8, 4) is 0 Å². The van der Waals surface area contributed by atoms with E-state index >= 15 is 0 Å². The van der Waals surface area contributed by atoms with Crippen molar-refractivity contribution in [1.29, 1.82) is 0 Å². The van der Waals surface area contributed by atoms with Crippen LogP contribution < -0.4 is 0 Å². The van der Waals surface area contributed by atoms with Gasteiger partial charge in [0.05, 0.1) is 24.4 Å².